The number of aliphatic hydroxyl groups is 1. The fraction of sp³-hybridized carbons (Fsp3) is 0.429. The van der Waals surface area contributed by atoms with Gasteiger partial charge >= 0.3 is 11.9 Å². The van der Waals surface area contributed by atoms with Crippen LogP contribution in [0.3, 0.4) is 0 Å². The molecule has 3 aromatic carbocycles. The van der Waals surface area contributed by atoms with Gasteiger partial charge in [0, 0.05) is 0 Å². The molecule has 0 heterocycles. The smallest absolute Gasteiger partial charge is 0.339 e. The minimum atomic E-state index is -1.10. The number of carbonyl (C=O) groups excluding carboxylic acids is 2. The lowest BCUT2D eigenvalue weighted by Crippen LogP contribution is -2.38. The summed E-state index contributed by atoms with van der Waals surface area (Å²) in [5, 5.41) is 13.8. The molecule has 0 aliphatic heterocycles. The molecule has 0 spiro atoms. The summed E-state index contributed by atoms with van der Waals surface area (Å²) >= 11 is 0. The van der Waals surface area contributed by atoms with Gasteiger partial charge in [-0.05, 0) is 52.8 Å². The van der Waals surface area contributed by atoms with Crippen LogP contribution in [0.15, 0.2) is 54.6 Å². The van der Waals surface area contributed by atoms with Crippen LogP contribution in [-0.2, 0) is 14.3 Å². The van der Waals surface area contributed by atoms with Crippen LogP contribution in [0.1, 0.15) is 51.4 Å². The number of hydrogen-bond acceptors (Lipinski definition) is 5. The van der Waals surface area contributed by atoms with Crippen LogP contribution in [0, 0.1) is 17.3 Å². The Labute approximate surface area is 195 Å². The predicted molar refractivity (Wildman–Crippen MR) is 131 cm³/mol. The lowest BCUT2D eigenvalue weighted by atomic mass is 9.73. The number of rotatable bonds is 9. The first-order chi connectivity index (χ1) is 15.6. The third-order valence-corrected chi connectivity index (χ3v) is 6.36. The Morgan fingerprint density at radius 3 is 1.91 bits per heavy atom. The zero-order valence-electron chi connectivity index (χ0n) is 20.1. The molecule has 0 bridgehead atoms. The highest BCUT2D eigenvalue weighted by Crippen LogP contribution is 2.35. The van der Waals surface area contributed by atoms with Crippen LogP contribution < -0.4 is 0 Å². The van der Waals surface area contributed by atoms with Crippen molar-refractivity contribution >= 4 is 33.5 Å². The van der Waals surface area contributed by atoms with Crippen LogP contribution in [-0.4, -0.2) is 36.4 Å². The fourth-order valence-corrected chi connectivity index (χ4v) is 4.27. The van der Waals surface area contributed by atoms with E-state index in [2.05, 4.69) is 13.8 Å². The summed E-state index contributed by atoms with van der Waals surface area (Å²) < 4.78 is 10.9. The first-order valence-corrected chi connectivity index (χ1v) is 11.6. The largest absolute Gasteiger partial charge is 0.462 e. The monoisotopic (exact) mass is 450 g/mol. The van der Waals surface area contributed by atoms with Gasteiger partial charge in [0.05, 0.1) is 11.0 Å². The van der Waals surface area contributed by atoms with Crippen LogP contribution >= 0.6 is 0 Å². The van der Waals surface area contributed by atoms with E-state index in [0.717, 1.165) is 21.5 Å². The Bertz CT molecular complexity index is 1080. The number of benzene rings is 3. The van der Waals surface area contributed by atoms with E-state index in [0.29, 0.717) is 17.9 Å². The second-order valence-electron chi connectivity index (χ2n) is 9.71. The minimum absolute atomic E-state index is 0.0991. The van der Waals surface area contributed by atoms with Gasteiger partial charge in [-0.15, -0.1) is 0 Å². The molecular formula is C28H34O5. The molecule has 0 aromatic heterocycles. The van der Waals surface area contributed by atoms with Crippen molar-refractivity contribution in [1.29, 1.82) is 0 Å². The van der Waals surface area contributed by atoms with E-state index < -0.39 is 17.5 Å². The zero-order valence-corrected chi connectivity index (χ0v) is 20.1. The molecule has 0 saturated carbocycles. The quantitative estimate of drug-likeness (QED) is 0.331. The molecule has 176 valence electrons. The van der Waals surface area contributed by atoms with Crippen molar-refractivity contribution in [3.8, 4) is 0 Å². The summed E-state index contributed by atoms with van der Waals surface area (Å²) in [7, 11) is 0. The molecule has 0 fully saturated rings. The van der Waals surface area contributed by atoms with Crippen LogP contribution in [0.25, 0.3) is 21.5 Å². The van der Waals surface area contributed by atoms with Crippen LogP contribution in [0.4, 0.5) is 0 Å². The predicted octanol–water partition coefficient (Wildman–Crippen LogP) is 5.76. The molecule has 0 aliphatic rings. The Balaban J connectivity index is 1.69. The number of aliphatic hydroxyl groups excluding tert-OH is 1. The van der Waals surface area contributed by atoms with Gasteiger partial charge in [0.15, 0.2) is 0 Å². The van der Waals surface area contributed by atoms with Gasteiger partial charge in [-0.3, -0.25) is 4.79 Å². The molecule has 2 atom stereocenters. The summed E-state index contributed by atoms with van der Waals surface area (Å²) in [6, 6.07) is 17.3. The second kappa shape index (κ2) is 10.3. The first kappa shape index (κ1) is 24.7. The summed E-state index contributed by atoms with van der Waals surface area (Å²) in [6.45, 7) is 9.55. The normalized spacial score (nSPS) is 14.4. The van der Waals surface area contributed by atoms with Crippen molar-refractivity contribution in [2.24, 2.45) is 17.3 Å². The van der Waals surface area contributed by atoms with Gasteiger partial charge in [0.2, 0.25) is 0 Å². The second-order valence-corrected chi connectivity index (χ2v) is 9.71. The zero-order chi connectivity index (χ0) is 24.2. The van der Waals surface area contributed by atoms with Crippen molar-refractivity contribution in [2.75, 3.05) is 13.2 Å². The average molecular weight is 451 g/mol. The number of carbonyl (C=O) groups is 2. The Hall–Kier alpha value is -2.92. The van der Waals surface area contributed by atoms with Crippen molar-refractivity contribution in [1.82, 2.24) is 0 Å². The molecule has 3 rings (SSSR count). The maximum atomic E-state index is 13.0. The van der Waals surface area contributed by atoms with Crippen molar-refractivity contribution in [3.05, 3.63) is 60.2 Å². The molecular weight excluding hydrogens is 416 g/mol. The molecule has 0 radical (unpaired) electrons. The number of ether oxygens (including phenoxy) is 2. The maximum Gasteiger partial charge on any atom is 0.339 e. The maximum absolute atomic E-state index is 13.0. The molecule has 0 saturated heterocycles. The molecule has 33 heavy (non-hydrogen) atoms. The molecule has 0 amide bonds. The first-order valence-electron chi connectivity index (χ1n) is 11.6. The Morgan fingerprint density at radius 1 is 0.879 bits per heavy atom. The fourth-order valence-electron chi connectivity index (χ4n) is 4.27. The van der Waals surface area contributed by atoms with E-state index in [1.54, 1.807) is 0 Å². The number of fused-ring (bicyclic) bond motifs is 2. The lowest BCUT2D eigenvalue weighted by molar-refractivity contribution is -0.162. The van der Waals surface area contributed by atoms with Crippen molar-refractivity contribution < 1.29 is 24.2 Å². The molecule has 0 aliphatic carbocycles. The van der Waals surface area contributed by atoms with Gasteiger partial charge in [0.25, 0.3) is 0 Å². The Kier molecular flexibility index (Phi) is 7.75. The van der Waals surface area contributed by atoms with E-state index in [4.69, 9.17) is 9.47 Å². The Morgan fingerprint density at radius 2 is 1.39 bits per heavy atom. The molecule has 5 heteroatoms. The average Bonchev–Trinajstić information content (AvgIpc) is 2.78. The minimum Gasteiger partial charge on any atom is -0.462 e. The van der Waals surface area contributed by atoms with Gasteiger partial charge in [-0.2, -0.15) is 0 Å². The van der Waals surface area contributed by atoms with E-state index in [9.17, 15) is 14.7 Å². The third kappa shape index (κ3) is 5.53. The standard InChI is InChI=1S/C28H34O5/c1-18(2)15-28(5,19(3)4)27(31)33-17-22(29)16-32-26(30)25-23-12-8-6-10-20(23)14-21-11-7-9-13-24(21)25/h6-14,18-19,22,29H,15-17H2,1-5H3. The molecule has 2 unspecified atom stereocenters. The van der Waals surface area contributed by atoms with Crippen LogP contribution in [0.5, 0.6) is 0 Å². The van der Waals surface area contributed by atoms with Gasteiger partial charge in [-0.1, -0.05) is 76.2 Å². The SMILES string of the molecule is CC(C)CC(C)(C(=O)OCC(O)COC(=O)c1c2ccccc2cc2ccccc12)C(C)C. The number of hydrogen-bond donors (Lipinski definition) is 1. The van der Waals surface area contributed by atoms with Gasteiger partial charge < -0.3 is 14.6 Å². The van der Waals surface area contributed by atoms with E-state index in [1.807, 2.05) is 75.4 Å². The van der Waals surface area contributed by atoms with E-state index in [-0.39, 0.29) is 25.1 Å². The van der Waals surface area contributed by atoms with Gasteiger partial charge in [-0.25, -0.2) is 4.79 Å². The van der Waals surface area contributed by atoms with Crippen molar-refractivity contribution in [3.63, 3.8) is 0 Å². The van der Waals surface area contributed by atoms with Crippen LogP contribution in [0.2, 0.25) is 0 Å². The molecule has 5 nitrogen and oxygen atoms in total. The highest BCUT2D eigenvalue weighted by atomic mass is 16.6. The summed E-state index contributed by atoms with van der Waals surface area (Å²) in [5.41, 5.74) is -0.163. The van der Waals surface area contributed by atoms with Gasteiger partial charge in [0.1, 0.15) is 19.3 Å². The number of esters is 2. The van der Waals surface area contributed by atoms with E-state index in [1.165, 1.54) is 0 Å². The summed E-state index contributed by atoms with van der Waals surface area (Å²) in [4.78, 5) is 25.8. The summed E-state index contributed by atoms with van der Waals surface area (Å²) in [6.07, 6.45) is -0.405. The third-order valence-electron chi connectivity index (χ3n) is 6.36. The lowest BCUT2D eigenvalue weighted by Gasteiger charge is -2.33. The molecule has 3 aromatic rings. The summed E-state index contributed by atoms with van der Waals surface area (Å²) in [5.74, 6) is -0.412. The van der Waals surface area contributed by atoms with Crippen molar-refractivity contribution in [2.45, 2.75) is 47.1 Å². The highest BCUT2D eigenvalue weighted by molar-refractivity contribution is 6.16. The molecule has 1 N–H and O–H groups in total. The van der Waals surface area contributed by atoms with E-state index >= 15 is 0 Å². The highest BCUT2D eigenvalue weighted by Gasteiger charge is 2.39. The topological polar surface area (TPSA) is 72.8 Å².